The summed E-state index contributed by atoms with van der Waals surface area (Å²) in [7, 11) is 0. The molecule has 1 unspecified atom stereocenters. The number of nitrogens with one attached hydrogen (secondary N) is 1. The largest absolute Gasteiger partial charge is 0.273 e. The monoisotopic (exact) mass is 222 g/mol. The van der Waals surface area contributed by atoms with Gasteiger partial charge in [0.15, 0.2) is 0 Å². The van der Waals surface area contributed by atoms with Gasteiger partial charge in [0.1, 0.15) is 5.82 Å². The van der Waals surface area contributed by atoms with Crippen LogP contribution in [-0.4, -0.2) is 11.9 Å². The number of carbonyl (C=O) groups excluding carboxylic acids is 1. The van der Waals surface area contributed by atoms with Crippen LogP contribution in [0.2, 0.25) is 0 Å². The highest BCUT2D eigenvalue weighted by molar-refractivity contribution is 5.94. The van der Waals surface area contributed by atoms with Gasteiger partial charge in [0.2, 0.25) is 5.91 Å². The molecule has 1 atom stereocenters. The van der Waals surface area contributed by atoms with Gasteiger partial charge >= 0.3 is 0 Å². The second-order valence-corrected chi connectivity index (χ2v) is 4.39. The first kappa shape index (κ1) is 11.1. The van der Waals surface area contributed by atoms with Crippen molar-refractivity contribution >= 4 is 11.6 Å². The second-order valence-electron chi connectivity index (χ2n) is 4.39. The quantitative estimate of drug-likeness (QED) is 0.831. The van der Waals surface area contributed by atoms with Gasteiger partial charge in [0.05, 0.1) is 5.69 Å². The van der Waals surface area contributed by atoms with Crippen molar-refractivity contribution in [2.45, 2.75) is 26.3 Å². The molecule has 0 aliphatic carbocycles. The van der Waals surface area contributed by atoms with Crippen molar-refractivity contribution < 1.29 is 9.18 Å². The van der Waals surface area contributed by atoms with Crippen molar-refractivity contribution in [2.24, 2.45) is 5.92 Å². The van der Waals surface area contributed by atoms with E-state index in [0.717, 1.165) is 0 Å². The summed E-state index contributed by atoms with van der Waals surface area (Å²) in [4.78, 5) is 11.7. The highest BCUT2D eigenvalue weighted by atomic mass is 19.1. The molecule has 1 amide bonds. The summed E-state index contributed by atoms with van der Waals surface area (Å²) in [5.74, 6) is 0.135. The number of halogens is 1. The number of hydrogen-bond acceptors (Lipinski definition) is 2. The van der Waals surface area contributed by atoms with Gasteiger partial charge in [0, 0.05) is 12.5 Å². The fourth-order valence-corrected chi connectivity index (χ4v) is 1.76. The molecule has 4 heteroatoms. The predicted octanol–water partition coefficient (Wildman–Crippen LogP) is 2.09. The Balaban J connectivity index is 2.16. The number of amides is 1. The van der Waals surface area contributed by atoms with E-state index >= 15 is 0 Å². The van der Waals surface area contributed by atoms with Gasteiger partial charge in [-0.15, -0.1) is 0 Å². The van der Waals surface area contributed by atoms with Gasteiger partial charge in [-0.2, -0.15) is 0 Å². The molecular formula is C12H15FN2O. The fourth-order valence-electron chi connectivity index (χ4n) is 1.76. The molecule has 0 aromatic heterocycles. The van der Waals surface area contributed by atoms with E-state index in [-0.39, 0.29) is 17.8 Å². The van der Waals surface area contributed by atoms with Crippen LogP contribution in [0.4, 0.5) is 10.1 Å². The minimum absolute atomic E-state index is 0.0327. The number of hydrogen-bond donors (Lipinski definition) is 1. The Hall–Kier alpha value is -1.42. The maximum Gasteiger partial charge on any atom is 0.243 e. The molecule has 3 nitrogen and oxygen atoms in total. The predicted molar refractivity (Wildman–Crippen MR) is 60.3 cm³/mol. The van der Waals surface area contributed by atoms with Crippen molar-refractivity contribution in [1.82, 2.24) is 5.43 Å². The number of hydrazine groups is 1. The lowest BCUT2D eigenvalue weighted by Gasteiger charge is -2.19. The molecule has 1 aromatic rings. The molecule has 86 valence electrons. The lowest BCUT2D eigenvalue weighted by atomic mass is 10.0. The van der Waals surface area contributed by atoms with Gasteiger partial charge in [-0.1, -0.05) is 13.8 Å². The molecule has 1 N–H and O–H groups in total. The van der Waals surface area contributed by atoms with Crippen LogP contribution < -0.4 is 10.4 Å². The van der Waals surface area contributed by atoms with Crippen LogP contribution in [-0.2, 0) is 4.79 Å². The topological polar surface area (TPSA) is 32.3 Å². The Morgan fingerprint density at radius 2 is 2.00 bits per heavy atom. The van der Waals surface area contributed by atoms with Gasteiger partial charge in [-0.05, 0) is 30.2 Å². The molecule has 1 aliphatic rings. The minimum atomic E-state index is -0.296. The average molecular weight is 222 g/mol. The molecule has 1 aromatic carbocycles. The van der Waals surface area contributed by atoms with Crippen molar-refractivity contribution in [3.8, 4) is 0 Å². The number of benzene rings is 1. The van der Waals surface area contributed by atoms with E-state index in [4.69, 9.17) is 0 Å². The summed E-state index contributed by atoms with van der Waals surface area (Å²) < 4.78 is 12.8. The van der Waals surface area contributed by atoms with Crippen LogP contribution in [0.5, 0.6) is 0 Å². The molecule has 0 radical (unpaired) electrons. The molecule has 1 fully saturated rings. The summed E-state index contributed by atoms with van der Waals surface area (Å²) in [5.41, 5.74) is 3.83. The van der Waals surface area contributed by atoms with Crippen LogP contribution in [0.25, 0.3) is 0 Å². The summed E-state index contributed by atoms with van der Waals surface area (Å²) >= 11 is 0. The molecule has 0 bridgehead atoms. The van der Waals surface area contributed by atoms with Gasteiger partial charge in [-0.25, -0.2) is 14.8 Å². The van der Waals surface area contributed by atoms with E-state index in [0.29, 0.717) is 18.0 Å². The molecular weight excluding hydrogens is 207 g/mol. The van der Waals surface area contributed by atoms with E-state index in [1.54, 1.807) is 12.1 Å². The van der Waals surface area contributed by atoms with E-state index in [1.807, 2.05) is 0 Å². The Bertz CT molecular complexity index is 389. The maximum atomic E-state index is 12.8. The molecule has 1 aliphatic heterocycles. The Kier molecular flexibility index (Phi) is 2.92. The third-order valence-electron chi connectivity index (χ3n) is 2.83. The number of nitrogens with zero attached hydrogens (tertiary/aromatic N) is 1. The van der Waals surface area contributed by atoms with Crippen LogP contribution in [0.15, 0.2) is 24.3 Å². The fraction of sp³-hybridized carbons (Fsp3) is 0.417. The van der Waals surface area contributed by atoms with E-state index < -0.39 is 0 Å². The first-order chi connectivity index (χ1) is 7.58. The third kappa shape index (κ3) is 2.07. The van der Waals surface area contributed by atoms with Crippen LogP contribution in [0, 0.1) is 11.7 Å². The minimum Gasteiger partial charge on any atom is -0.273 e. The SMILES string of the molecule is CC(C)C1CC(=O)N(c2ccc(F)cc2)N1. The third-order valence-corrected chi connectivity index (χ3v) is 2.83. The van der Waals surface area contributed by atoms with Crippen LogP contribution in [0.3, 0.4) is 0 Å². The van der Waals surface area contributed by atoms with Crippen LogP contribution in [0.1, 0.15) is 20.3 Å². The van der Waals surface area contributed by atoms with Crippen LogP contribution >= 0.6 is 0 Å². The lowest BCUT2D eigenvalue weighted by molar-refractivity contribution is -0.117. The summed E-state index contributed by atoms with van der Waals surface area (Å²) in [6.45, 7) is 4.14. The van der Waals surface area contributed by atoms with Crippen molar-refractivity contribution in [3.63, 3.8) is 0 Å². The van der Waals surface area contributed by atoms with Gasteiger partial charge in [-0.3, -0.25) is 4.79 Å². The second kappa shape index (κ2) is 4.22. The highest BCUT2D eigenvalue weighted by Gasteiger charge is 2.31. The number of carbonyl (C=O) groups is 1. The molecule has 2 rings (SSSR count). The number of anilines is 1. The van der Waals surface area contributed by atoms with E-state index in [1.165, 1.54) is 17.1 Å². The molecule has 1 heterocycles. The molecule has 1 saturated heterocycles. The van der Waals surface area contributed by atoms with Gasteiger partial charge < -0.3 is 0 Å². The molecule has 0 saturated carbocycles. The first-order valence-corrected chi connectivity index (χ1v) is 5.42. The lowest BCUT2D eigenvalue weighted by Crippen LogP contribution is -2.39. The van der Waals surface area contributed by atoms with E-state index in [2.05, 4.69) is 19.3 Å². The standard InChI is InChI=1S/C12H15FN2O/c1-8(2)11-7-12(16)15(14-11)10-5-3-9(13)4-6-10/h3-6,8,11,14H,7H2,1-2H3. The van der Waals surface area contributed by atoms with Crippen molar-refractivity contribution in [3.05, 3.63) is 30.1 Å². The highest BCUT2D eigenvalue weighted by Crippen LogP contribution is 2.22. The Labute approximate surface area is 94.2 Å². The van der Waals surface area contributed by atoms with Gasteiger partial charge in [0.25, 0.3) is 0 Å². The first-order valence-electron chi connectivity index (χ1n) is 5.42. The van der Waals surface area contributed by atoms with Crippen molar-refractivity contribution in [2.75, 3.05) is 5.01 Å². The normalized spacial score (nSPS) is 20.9. The Morgan fingerprint density at radius 3 is 2.50 bits per heavy atom. The molecule has 0 spiro atoms. The number of rotatable bonds is 2. The zero-order chi connectivity index (χ0) is 11.7. The van der Waals surface area contributed by atoms with E-state index in [9.17, 15) is 9.18 Å². The average Bonchev–Trinajstić information content (AvgIpc) is 2.62. The zero-order valence-electron chi connectivity index (χ0n) is 9.40. The Morgan fingerprint density at radius 1 is 1.38 bits per heavy atom. The molecule has 16 heavy (non-hydrogen) atoms. The summed E-state index contributed by atoms with van der Waals surface area (Å²) in [5, 5.41) is 1.50. The zero-order valence-corrected chi connectivity index (χ0v) is 9.40. The maximum absolute atomic E-state index is 12.8. The summed E-state index contributed by atoms with van der Waals surface area (Å²) in [6.07, 6.45) is 0.495. The summed E-state index contributed by atoms with van der Waals surface area (Å²) in [6, 6.07) is 6.07. The van der Waals surface area contributed by atoms with Crippen molar-refractivity contribution in [1.29, 1.82) is 0 Å². The smallest absolute Gasteiger partial charge is 0.243 e.